The standard InChI is InChI=1S/C16H17N3O/c20-16(14-7-3-4-9-17-14)19-11-15-13-6-2-1-5-12(13)8-10-18-15/h1-7,9,15,18H,8,10-11H2,(H,19,20). The van der Waals surface area contributed by atoms with Crippen LogP contribution in [0.5, 0.6) is 0 Å². The number of aromatic nitrogens is 1. The lowest BCUT2D eigenvalue weighted by Crippen LogP contribution is -2.39. The van der Waals surface area contributed by atoms with Crippen molar-refractivity contribution in [3.05, 3.63) is 65.5 Å². The summed E-state index contributed by atoms with van der Waals surface area (Å²) < 4.78 is 0. The molecular formula is C16H17N3O. The van der Waals surface area contributed by atoms with Crippen LogP contribution in [0.1, 0.15) is 27.7 Å². The smallest absolute Gasteiger partial charge is 0.269 e. The van der Waals surface area contributed by atoms with Crippen molar-refractivity contribution in [1.29, 1.82) is 0 Å². The van der Waals surface area contributed by atoms with Gasteiger partial charge in [-0.3, -0.25) is 9.78 Å². The van der Waals surface area contributed by atoms with Gasteiger partial charge in [-0.25, -0.2) is 0 Å². The van der Waals surface area contributed by atoms with Crippen LogP contribution in [0.2, 0.25) is 0 Å². The topological polar surface area (TPSA) is 54.0 Å². The van der Waals surface area contributed by atoms with Gasteiger partial charge in [0, 0.05) is 18.8 Å². The van der Waals surface area contributed by atoms with Crippen LogP contribution in [0.15, 0.2) is 48.7 Å². The van der Waals surface area contributed by atoms with Gasteiger partial charge in [-0.15, -0.1) is 0 Å². The summed E-state index contributed by atoms with van der Waals surface area (Å²) in [6.07, 6.45) is 2.67. The molecular weight excluding hydrogens is 250 g/mol. The molecule has 3 rings (SSSR count). The summed E-state index contributed by atoms with van der Waals surface area (Å²) >= 11 is 0. The second kappa shape index (κ2) is 5.84. The Morgan fingerprint density at radius 1 is 1.25 bits per heavy atom. The van der Waals surface area contributed by atoms with Gasteiger partial charge in [0.2, 0.25) is 0 Å². The van der Waals surface area contributed by atoms with Gasteiger partial charge < -0.3 is 10.6 Å². The zero-order chi connectivity index (χ0) is 13.8. The molecule has 1 aromatic carbocycles. The molecule has 2 aromatic rings. The van der Waals surface area contributed by atoms with Gasteiger partial charge in [0.1, 0.15) is 5.69 Å². The first-order chi connectivity index (χ1) is 9.84. The molecule has 1 aliphatic heterocycles. The molecule has 0 saturated carbocycles. The van der Waals surface area contributed by atoms with Gasteiger partial charge in [0.05, 0.1) is 0 Å². The molecule has 2 heterocycles. The van der Waals surface area contributed by atoms with Gasteiger partial charge in [0.15, 0.2) is 0 Å². The second-order valence-electron chi connectivity index (χ2n) is 4.88. The highest BCUT2D eigenvalue weighted by Gasteiger charge is 2.19. The summed E-state index contributed by atoms with van der Waals surface area (Å²) in [4.78, 5) is 16.1. The van der Waals surface area contributed by atoms with Gasteiger partial charge in [-0.2, -0.15) is 0 Å². The third-order valence-corrected chi connectivity index (χ3v) is 3.58. The van der Waals surface area contributed by atoms with E-state index in [-0.39, 0.29) is 11.9 Å². The molecule has 102 valence electrons. The molecule has 1 amide bonds. The van der Waals surface area contributed by atoms with Gasteiger partial charge in [-0.1, -0.05) is 30.3 Å². The molecule has 0 spiro atoms. The molecule has 0 radical (unpaired) electrons. The SMILES string of the molecule is O=C(NCC1NCCc2ccccc21)c1ccccn1. The number of rotatable bonds is 3. The third kappa shape index (κ3) is 2.70. The van der Waals surface area contributed by atoms with E-state index in [0.29, 0.717) is 12.2 Å². The number of pyridine rings is 1. The van der Waals surface area contributed by atoms with Crippen LogP contribution < -0.4 is 10.6 Å². The minimum atomic E-state index is -0.129. The molecule has 0 bridgehead atoms. The van der Waals surface area contributed by atoms with E-state index in [2.05, 4.69) is 33.8 Å². The van der Waals surface area contributed by atoms with Gasteiger partial charge in [-0.05, 0) is 36.2 Å². The van der Waals surface area contributed by atoms with Crippen molar-refractivity contribution in [3.63, 3.8) is 0 Å². The normalized spacial score (nSPS) is 17.3. The van der Waals surface area contributed by atoms with E-state index in [4.69, 9.17) is 0 Å². The molecule has 1 aromatic heterocycles. The zero-order valence-corrected chi connectivity index (χ0v) is 11.2. The van der Waals surface area contributed by atoms with E-state index in [0.717, 1.165) is 13.0 Å². The molecule has 4 nitrogen and oxygen atoms in total. The first kappa shape index (κ1) is 12.8. The Labute approximate surface area is 118 Å². The number of carbonyl (C=O) groups is 1. The Morgan fingerprint density at radius 3 is 2.95 bits per heavy atom. The molecule has 2 N–H and O–H groups in total. The predicted molar refractivity (Wildman–Crippen MR) is 77.5 cm³/mol. The van der Waals surface area contributed by atoms with Crippen molar-refractivity contribution in [1.82, 2.24) is 15.6 Å². The summed E-state index contributed by atoms with van der Waals surface area (Å²) in [5.41, 5.74) is 3.10. The lowest BCUT2D eigenvalue weighted by Gasteiger charge is -2.27. The number of amides is 1. The Bertz CT molecular complexity index is 598. The third-order valence-electron chi connectivity index (χ3n) is 3.58. The van der Waals surface area contributed by atoms with Crippen LogP contribution >= 0.6 is 0 Å². The van der Waals surface area contributed by atoms with Crippen LogP contribution in [0, 0.1) is 0 Å². The van der Waals surface area contributed by atoms with E-state index in [1.165, 1.54) is 11.1 Å². The quantitative estimate of drug-likeness (QED) is 0.890. The number of hydrogen-bond acceptors (Lipinski definition) is 3. The lowest BCUT2D eigenvalue weighted by molar-refractivity contribution is 0.0944. The van der Waals surface area contributed by atoms with E-state index < -0.39 is 0 Å². The highest BCUT2D eigenvalue weighted by atomic mass is 16.1. The highest BCUT2D eigenvalue weighted by molar-refractivity contribution is 5.92. The fourth-order valence-electron chi connectivity index (χ4n) is 2.56. The average Bonchev–Trinajstić information content (AvgIpc) is 2.53. The van der Waals surface area contributed by atoms with E-state index in [1.54, 1.807) is 18.3 Å². The van der Waals surface area contributed by atoms with Crippen LogP contribution in [-0.2, 0) is 6.42 Å². The fraction of sp³-hybridized carbons (Fsp3) is 0.250. The van der Waals surface area contributed by atoms with E-state index in [1.807, 2.05) is 12.1 Å². The first-order valence-corrected chi connectivity index (χ1v) is 6.85. The maximum absolute atomic E-state index is 12.0. The van der Waals surface area contributed by atoms with Crippen LogP contribution in [0.25, 0.3) is 0 Å². The van der Waals surface area contributed by atoms with Crippen molar-refractivity contribution in [3.8, 4) is 0 Å². The largest absolute Gasteiger partial charge is 0.349 e. The summed E-state index contributed by atoms with van der Waals surface area (Å²) in [6, 6.07) is 13.9. The van der Waals surface area contributed by atoms with Gasteiger partial charge in [0.25, 0.3) is 5.91 Å². The highest BCUT2D eigenvalue weighted by Crippen LogP contribution is 2.21. The Kier molecular flexibility index (Phi) is 3.74. The summed E-state index contributed by atoms with van der Waals surface area (Å²) in [5, 5.41) is 6.39. The molecule has 1 atom stereocenters. The number of hydrogen-bond donors (Lipinski definition) is 2. The fourth-order valence-corrected chi connectivity index (χ4v) is 2.56. The molecule has 0 saturated heterocycles. The van der Waals surface area contributed by atoms with Crippen molar-refractivity contribution >= 4 is 5.91 Å². The monoisotopic (exact) mass is 267 g/mol. The molecule has 0 aliphatic carbocycles. The second-order valence-corrected chi connectivity index (χ2v) is 4.88. The van der Waals surface area contributed by atoms with Crippen molar-refractivity contribution < 1.29 is 4.79 Å². The molecule has 20 heavy (non-hydrogen) atoms. The molecule has 1 unspecified atom stereocenters. The Balaban J connectivity index is 1.67. The lowest BCUT2D eigenvalue weighted by atomic mass is 9.94. The number of carbonyl (C=O) groups excluding carboxylic acids is 1. The summed E-state index contributed by atoms with van der Waals surface area (Å²) in [5.74, 6) is -0.129. The maximum Gasteiger partial charge on any atom is 0.269 e. The first-order valence-electron chi connectivity index (χ1n) is 6.85. The summed E-state index contributed by atoms with van der Waals surface area (Å²) in [6.45, 7) is 1.52. The molecule has 4 heteroatoms. The Morgan fingerprint density at radius 2 is 2.10 bits per heavy atom. The molecule has 1 aliphatic rings. The van der Waals surface area contributed by atoms with Gasteiger partial charge >= 0.3 is 0 Å². The van der Waals surface area contributed by atoms with Crippen molar-refractivity contribution in [2.24, 2.45) is 0 Å². The Hall–Kier alpha value is -2.20. The minimum Gasteiger partial charge on any atom is -0.349 e. The number of benzene rings is 1. The van der Waals surface area contributed by atoms with Crippen LogP contribution in [0.3, 0.4) is 0 Å². The predicted octanol–water partition coefficient (Wildman–Crippen LogP) is 1.70. The maximum atomic E-state index is 12.0. The number of nitrogens with one attached hydrogen (secondary N) is 2. The van der Waals surface area contributed by atoms with Crippen LogP contribution in [0.4, 0.5) is 0 Å². The number of nitrogens with zero attached hydrogens (tertiary/aromatic N) is 1. The summed E-state index contributed by atoms with van der Waals surface area (Å²) in [7, 11) is 0. The minimum absolute atomic E-state index is 0.129. The molecule has 0 fully saturated rings. The van der Waals surface area contributed by atoms with E-state index >= 15 is 0 Å². The number of fused-ring (bicyclic) bond motifs is 1. The average molecular weight is 267 g/mol. The van der Waals surface area contributed by atoms with Crippen molar-refractivity contribution in [2.75, 3.05) is 13.1 Å². The zero-order valence-electron chi connectivity index (χ0n) is 11.2. The van der Waals surface area contributed by atoms with E-state index in [9.17, 15) is 4.79 Å². The van der Waals surface area contributed by atoms with Crippen LogP contribution in [-0.4, -0.2) is 24.0 Å². The van der Waals surface area contributed by atoms with Crippen molar-refractivity contribution in [2.45, 2.75) is 12.5 Å².